The molecule has 0 saturated carbocycles. The normalized spacial score (nSPS) is 12.8. The standard InChI is InChI=1S/C13H21BrN2O/c1-5-17-13-10(4)12(15-8-16-13)7-11(14)6-9(2)3/h8-9,11H,5-7H2,1-4H3. The average molecular weight is 301 g/mol. The molecule has 0 aliphatic carbocycles. The summed E-state index contributed by atoms with van der Waals surface area (Å²) in [5.74, 6) is 1.40. The van der Waals surface area contributed by atoms with Crippen LogP contribution in [-0.2, 0) is 6.42 Å². The zero-order valence-corrected chi connectivity index (χ0v) is 12.6. The first-order valence-electron chi connectivity index (χ1n) is 6.11. The van der Waals surface area contributed by atoms with Crippen LogP contribution in [0, 0.1) is 12.8 Å². The Morgan fingerprint density at radius 1 is 1.35 bits per heavy atom. The number of nitrogens with zero attached hydrogens (tertiary/aromatic N) is 2. The highest BCUT2D eigenvalue weighted by Crippen LogP contribution is 2.22. The van der Waals surface area contributed by atoms with E-state index >= 15 is 0 Å². The third-order valence-corrected chi connectivity index (χ3v) is 3.26. The maximum Gasteiger partial charge on any atom is 0.219 e. The van der Waals surface area contributed by atoms with Gasteiger partial charge in [-0.25, -0.2) is 9.97 Å². The highest BCUT2D eigenvalue weighted by Gasteiger charge is 2.13. The molecule has 0 aromatic carbocycles. The second-order valence-electron chi connectivity index (χ2n) is 4.61. The highest BCUT2D eigenvalue weighted by atomic mass is 79.9. The first-order valence-corrected chi connectivity index (χ1v) is 7.03. The molecule has 0 aliphatic heterocycles. The molecule has 1 aromatic rings. The van der Waals surface area contributed by atoms with Crippen molar-refractivity contribution in [3.63, 3.8) is 0 Å². The van der Waals surface area contributed by atoms with Gasteiger partial charge in [0, 0.05) is 16.8 Å². The lowest BCUT2D eigenvalue weighted by Crippen LogP contribution is -2.10. The summed E-state index contributed by atoms with van der Waals surface area (Å²) in [6, 6.07) is 0. The van der Waals surface area contributed by atoms with Gasteiger partial charge in [0.15, 0.2) is 0 Å². The number of hydrogen-bond donors (Lipinski definition) is 0. The van der Waals surface area contributed by atoms with Gasteiger partial charge in [-0.2, -0.15) is 0 Å². The molecule has 17 heavy (non-hydrogen) atoms. The quantitative estimate of drug-likeness (QED) is 0.754. The Hall–Kier alpha value is -0.640. The summed E-state index contributed by atoms with van der Waals surface area (Å²) in [4.78, 5) is 8.96. The Morgan fingerprint density at radius 2 is 2.06 bits per heavy atom. The number of rotatable bonds is 6. The van der Waals surface area contributed by atoms with Crippen molar-refractivity contribution in [1.82, 2.24) is 9.97 Å². The second-order valence-corrected chi connectivity index (χ2v) is 5.91. The predicted molar refractivity (Wildman–Crippen MR) is 73.8 cm³/mol. The summed E-state index contributed by atoms with van der Waals surface area (Å²) < 4.78 is 5.47. The topological polar surface area (TPSA) is 35.0 Å². The van der Waals surface area contributed by atoms with E-state index in [-0.39, 0.29) is 0 Å². The molecule has 0 bridgehead atoms. The summed E-state index contributed by atoms with van der Waals surface area (Å²) in [5, 5.41) is 0. The first kappa shape index (κ1) is 14.4. The van der Waals surface area contributed by atoms with Crippen molar-refractivity contribution in [2.75, 3.05) is 6.61 Å². The summed E-state index contributed by atoms with van der Waals surface area (Å²) in [7, 11) is 0. The van der Waals surface area contributed by atoms with Crippen molar-refractivity contribution < 1.29 is 4.74 Å². The summed E-state index contributed by atoms with van der Waals surface area (Å²) >= 11 is 3.71. The molecule has 96 valence electrons. The lowest BCUT2D eigenvalue weighted by Gasteiger charge is -2.14. The van der Waals surface area contributed by atoms with Crippen LogP contribution in [0.2, 0.25) is 0 Å². The van der Waals surface area contributed by atoms with Crippen LogP contribution in [0.25, 0.3) is 0 Å². The van der Waals surface area contributed by atoms with E-state index in [2.05, 4.69) is 39.7 Å². The molecule has 3 nitrogen and oxygen atoms in total. The minimum absolute atomic E-state index is 0.463. The average Bonchev–Trinajstić information content (AvgIpc) is 2.23. The van der Waals surface area contributed by atoms with Gasteiger partial charge >= 0.3 is 0 Å². The molecule has 0 amide bonds. The van der Waals surface area contributed by atoms with E-state index in [0.29, 0.717) is 23.2 Å². The number of hydrogen-bond acceptors (Lipinski definition) is 3. The molecule has 1 heterocycles. The lowest BCUT2D eigenvalue weighted by molar-refractivity contribution is 0.322. The second kappa shape index (κ2) is 6.94. The Kier molecular flexibility index (Phi) is 5.89. The molecule has 1 atom stereocenters. The van der Waals surface area contributed by atoms with Crippen molar-refractivity contribution in [2.24, 2.45) is 5.92 Å². The maximum atomic E-state index is 5.47. The van der Waals surface area contributed by atoms with Gasteiger partial charge in [0.1, 0.15) is 6.33 Å². The van der Waals surface area contributed by atoms with E-state index in [4.69, 9.17) is 4.74 Å². The van der Waals surface area contributed by atoms with Crippen molar-refractivity contribution >= 4 is 15.9 Å². The van der Waals surface area contributed by atoms with Gasteiger partial charge in [0.05, 0.1) is 12.3 Å². The molecule has 0 fully saturated rings. The fourth-order valence-corrected chi connectivity index (χ4v) is 2.82. The Balaban J connectivity index is 2.73. The molecule has 0 radical (unpaired) electrons. The minimum atomic E-state index is 0.463. The smallest absolute Gasteiger partial charge is 0.219 e. The molecule has 1 rings (SSSR count). The Labute approximate surface area is 112 Å². The molecule has 0 N–H and O–H groups in total. The van der Waals surface area contributed by atoms with Gasteiger partial charge < -0.3 is 4.74 Å². The molecular formula is C13H21BrN2O. The van der Waals surface area contributed by atoms with Crippen LogP contribution >= 0.6 is 15.9 Å². The van der Waals surface area contributed by atoms with Crippen LogP contribution in [-0.4, -0.2) is 21.4 Å². The third-order valence-electron chi connectivity index (χ3n) is 2.57. The molecule has 4 heteroatoms. The third kappa shape index (κ3) is 4.62. The molecule has 0 aliphatic rings. The van der Waals surface area contributed by atoms with Gasteiger partial charge in [-0.3, -0.25) is 0 Å². The molecule has 1 aromatic heterocycles. The van der Waals surface area contributed by atoms with Gasteiger partial charge in [-0.05, 0) is 26.2 Å². The highest BCUT2D eigenvalue weighted by molar-refractivity contribution is 9.09. The fraction of sp³-hybridized carbons (Fsp3) is 0.692. The lowest BCUT2D eigenvalue weighted by atomic mass is 10.0. The Morgan fingerprint density at radius 3 is 2.65 bits per heavy atom. The van der Waals surface area contributed by atoms with Crippen molar-refractivity contribution in [3.05, 3.63) is 17.6 Å². The van der Waals surface area contributed by atoms with Crippen LogP contribution in [0.5, 0.6) is 5.88 Å². The Bertz CT molecular complexity index is 355. The number of aromatic nitrogens is 2. The van der Waals surface area contributed by atoms with Gasteiger partial charge in [0.2, 0.25) is 5.88 Å². The zero-order valence-electron chi connectivity index (χ0n) is 11.0. The van der Waals surface area contributed by atoms with Gasteiger partial charge in [0.25, 0.3) is 0 Å². The van der Waals surface area contributed by atoms with Crippen LogP contribution in [0.1, 0.15) is 38.4 Å². The van der Waals surface area contributed by atoms with E-state index in [1.807, 2.05) is 13.8 Å². The molecule has 0 spiro atoms. The van der Waals surface area contributed by atoms with Gasteiger partial charge in [-0.15, -0.1) is 0 Å². The largest absolute Gasteiger partial charge is 0.478 e. The van der Waals surface area contributed by atoms with E-state index in [1.54, 1.807) is 6.33 Å². The zero-order chi connectivity index (χ0) is 12.8. The van der Waals surface area contributed by atoms with Crippen LogP contribution in [0.3, 0.4) is 0 Å². The van der Waals surface area contributed by atoms with E-state index in [0.717, 1.165) is 24.1 Å². The monoisotopic (exact) mass is 300 g/mol. The maximum absolute atomic E-state index is 5.47. The van der Waals surface area contributed by atoms with E-state index < -0.39 is 0 Å². The molecule has 1 unspecified atom stereocenters. The number of ether oxygens (including phenoxy) is 1. The van der Waals surface area contributed by atoms with Crippen LogP contribution < -0.4 is 4.74 Å². The van der Waals surface area contributed by atoms with Crippen molar-refractivity contribution in [1.29, 1.82) is 0 Å². The number of halogens is 1. The predicted octanol–water partition coefficient (Wildman–Crippen LogP) is 3.54. The molecular weight excluding hydrogens is 280 g/mol. The fourth-order valence-electron chi connectivity index (χ4n) is 1.76. The van der Waals surface area contributed by atoms with Crippen LogP contribution in [0.15, 0.2) is 6.33 Å². The van der Waals surface area contributed by atoms with Gasteiger partial charge in [-0.1, -0.05) is 29.8 Å². The molecule has 0 saturated heterocycles. The summed E-state index contributed by atoms with van der Waals surface area (Å²) in [6.07, 6.45) is 3.66. The first-order chi connectivity index (χ1) is 8.04. The van der Waals surface area contributed by atoms with Crippen molar-refractivity contribution in [3.8, 4) is 5.88 Å². The number of alkyl halides is 1. The summed E-state index contributed by atoms with van der Waals surface area (Å²) in [6.45, 7) is 9.09. The van der Waals surface area contributed by atoms with E-state index in [9.17, 15) is 0 Å². The van der Waals surface area contributed by atoms with Crippen LogP contribution in [0.4, 0.5) is 0 Å². The summed E-state index contributed by atoms with van der Waals surface area (Å²) in [5.41, 5.74) is 2.13. The van der Waals surface area contributed by atoms with Crippen molar-refractivity contribution in [2.45, 2.75) is 45.4 Å². The minimum Gasteiger partial charge on any atom is -0.478 e. The van der Waals surface area contributed by atoms with E-state index in [1.165, 1.54) is 0 Å². The SMILES string of the molecule is CCOc1ncnc(CC(Br)CC(C)C)c1C.